The molecule has 6 unspecified atom stereocenters. The largest absolute Gasteiger partial charge is 0.458 e. The lowest BCUT2D eigenvalue weighted by atomic mass is 10.1. The lowest BCUT2D eigenvalue weighted by molar-refractivity contribution is -0.231. The van der Waals surface area contributed by atoms with Gasteiger partial charge >= 0.3 is 54.5 Å². The molecule has 5 fully saturated rings. The molecule has 3 aromatic rings. The number of H-pyrrole nitrogens is 3. The van der Waals surface area contributed by atoms with Gasteiger partial charge in [-0.25, -0.2) is 19.2 Å². The molecule has 0 bridgehead atoms. The van der Waals surface area contributed by atoms with Crippen LogP contribution in [0, 0.1) is 5.92 Å². The first-order valence-electron chi connectivity index (χ1n) is 31.7. The Labute approximate surface area is 579 Å². The average molecular weight is 1450 g/mol. The Kier molecular flexibility index (Phi) is 33.1. The minimum absolute atomic E-state index is 0. The number of carbonyl (C=O) groups is 5. The summed E-state index contributed by atoms with van der Waals surface area (Å²) in [5.74, 6) is -3.44. The molecular formula is C66H93N6O28P. The van der Waals surface area contributed by atoms with E-state index in [4.69, 9.17) is 58.0 Å². The van der Waals surface area contributed by atoms with E-state index >= 15 is 0 Å². The Bertz CT molecular complexity index is 3810. The van der Waals surface area contributed by atoms with Gasteiger partial charge in [0.15, 0.2) is 11.6 Å². The summed E-state index contributed by atoms with van der Waals surface area (Å²) in [6.45, 7) is 15.3. The molecule has 9 N–H and O–H groups in total. The molecule has 0 aromatic carbocycles. The number of aliphatic hydroxyl groups is 3. The van der Waals surface area contributed by atoms with E-state index in [-0.39, 0.29) is 50.1 Å². The first-order valence-corrected chi connectivity index (χ1v) is 33.5. The van der Waals surface area contributed by atoms with Crippen molar-refractivity contribution in [1.29, 1.82) is 0 Å². The average Bonchev–Trinajstić information content (AvgIpc) is 1.62. The number of fused-ring (bicyclic) bond motifs is 3. The van der Waals surface area contributed by atoms with E-state index in [9.17, 15) is 67.5 Å². The fourth-order valence-corrected chi connectivity index (χ4v) is 11.6. The highest BCUT2D eigenvalue weighted by Gasteiger charge is 2.56. The molecule has 7 aliphatic carbocycles. The number of allylic oxidation sites excluding steroid dienone is 6. The van der Waals surface area contributed by atoms with Crippen molar-refractivity contribution in [2.24, 2.45) is 5.92 Å². The van der Waals surface area contributed by atoms with E-state index < -0.39 is 132 Å². The van der Waals surface area contributed by atoms with Gasteiger partial charge in [0, 0.05) is 84.2 Å². The number of nitrogens with one attached hydrogen (secondary N) is 3. The molecule has 0 radical (unpaired) electrons. The number of aliphatic hydroxyl groups excluding tert-OH is 3. The predicted molar refractivity (Wildman–Crippen MR) is 358 cm³/mol. The third-order valence-electron chi connectivity index (χ3n) is 15.2. The van der Waals surface area contributed by atoms with Gasteiger partial charge in [0.25, 0.3) is 16.7 Å². The number of ether oxygens (including phenoxy) is 9. The highest BCUT2D eigenvalue weighted by Crippen LogP contribution is 2.47. The molecule has 0 spiro atoms. The minimum atomic E-state index is -4.33. The molecule has 0 amide bonds. The van der Waals surface area contributed by atoms with Gasteiger partial charge in [-0.3, -0.25) is 66.8 Å². The quantitative estimate of drug-likeness (QED) is 0.0229. The Balaban J connectivity index is 0.000000253. The molecule has 3 aromatic heterocycles. The van der Waals surface area contributed by atoms with E-state index in [1.165, 1.54) is 78.2 Å². The van der Waals surface area contributed by atoms with Gasteiger partial charge in [0.2, 0.25) is 0 Å². The van der Waals surface area contributed by atoms with Crippen molar-refractivity contribution < 1.29 is 106 Å². The van der Waals surface area contributed by atoms with Crippen LogP contribution >= 0.6 is 7.60 Å². The van der Waals surface area contributed by atoms with Crippen LogP contribution in [-0.2, 0) is 76.1 Å². The van der Waals surface area contributed by atoms with Crippen molar-refractivity contribution in [2.75, 3.05) is 6.35 Å². The highest BCUT2D eigenvalue weighted by molar-refractivity contribution is 7.51. The number of hydrogen-bond acceptors (Lipinski definition) is 26. The van der Waals surface area contributed by atoms with Gasteiger partial charge in [-0.2, -0.15) is 5.26 Å². The van der Waals surface area contributed by atoms with E-state index in [2.05, 4.69) is 74.0 Å². The zero-order valence-corrected chi connectivity index (χ0v) is 57.6. The zero-order chi connectivity index (χ0) is 74.4. The second kappa shape index (κ2) is 39.3. The maximum absolute atomic E-state index is 12.0. The molecule has 101 heavy (non-hydrogen) atoms. The fourth-order valence-electron chi connectivity index (χ4n) is 11.2. The van der Waals surface area contributed by atoms with Gasteiger partial charge in [0.1, 0.15) is 49.1 Å². The van der Waals surface area contributed by atoms with Crippen molar-refractivity contribution in [3.8, 4) is 0 Å². The Morgan fingerprint density at radius 2 is 1.01 bits per heavy atom. The van der Waals surface area contributed by atoms with E-state index in [0.29, 0.717) is 37.4 Å². The van der Waals surface area contributed by atoms with Crippen LogP contribution < -0.4 is 33.7 Å². The molecule has 3 saturated heterocycles. The second-order valence-corrected chi connectivity index (χ2v) is 26.3. The van der Waals surface area contributed by atoms with Gasteiger partial charge in [-0.05, 0) is 77.9 Å². The first kappa shape index (κ1) is 85.2. The molecule has 560 valence electrons. The number of carbonyl (C=O) groups excluding carboxylic acids is 5. The molecule has 34 nitrogen and oxygen atoms in total. The number of rotatable bonds is 8. The Morgan fingerprint density at radius 3 is 1.36 bits per heavy atom. The summed E-state index contributed by atoms with van der Waals surface area (Å²) in [4.78, 5) is 146. The Hall–Kier alpha value is -8.22. The van der Waals surface area contributed by atoms with Crippen molar-refractivity contribution >= 4 is 37.4 Å². The van der Waals surface area contributed by atoms with Crippen molar-refractivity contribution in [3.63, 3.8) is 0 Å². The third kappa shape index (κ3) is 29.3. The first-order chi connectivity index (χ1) is 46.8. The topological polar surface area (TPSA) is 484 Å². The molecule has 16 atom stereocenters. The molecule has 2 saturated carbocycles. The van der Waals surface area contributed by atoms with Crippen molar-refractivity contribution in [2.45, 2.75) is 225 Å². The van der Waals surface area contributed by atoms with E-state index in [1.807, 2.05) is 6.08 Å². The predicted octanol–water partition coefficient (Wildman–Crippen LogP) is 3.01. The third-order valence-corrected chi connectivity index (χ3v) is 15.7. The maximum Gasteiger partial charge on any atom is 0.350 e. The number of aromatic amines is 3. The summed E-state index contributed by atoms with van der Waals surface area (Å²) in [5, 5.41) is 35.5. The van der Waals surface area contributed by atoms with Crippen LogP contribution in [0.25, 0.3) is 0 Å². The van der Waals surface area contributed by atoms with Gasteiger partial charge in [-0.15, -0.1) is 0 Å². The second-order valence-electron chi connectivity index (χ2n) is 24.8. The van der Waals surface area contributed by atoms with Crippen molar-refractivity contribution in [1.82, 2.24) is 28.7 Å². The standard InChI is InChI=1S/C13H19N2O8P.C12H16N2O5.C9H10N2O3.C8H12O2.C7H10O3.C5H6O.C5H6.C4H6O3.C2H4O3.CH4/c1-13(2)22-10-7(15-4-3-9(16)14-12(15)17)5-8(11(10)23-13)21-6-24(18,19)20;1-12(2)18-9-6(5-7(15)10(9)19-12)14-4-3-8(16)13-11(14)17;12-7-2-1-6(5-7)11-4-3-8(13)10-9(11)14;1-6-3-4-8(5-6)10-7(2)9;1-5(8)10-7-3-2-6(9)4-7;1-2-4-5(3-1)6-4;1-2-4-5-3-1;1-3(5)7-4(2)6;1-2(3)5-4;/h3-4,7-8,10-11H,5-6H2,1-2H3,(H,14,16,17)(H2,18,19,20);3-4,6-7,9-10,15H,5H2,1-2H3,(H,13,16,17);1-4,6-7,12H,5H2,(H,10,13,14);3-4,6,8H,5H2,1-2H3;2-3,6-7,9H,4H2,1H3;1-2,4-5H,3H2;1-4H,5H2;1-2H3;4H,1H3;1H4/t7-,8+,10?,11?;6-,7+,9?,10?;6-,7+;6-,8+;6-,7+;;;;;/m11011...../s1. The smallest absolute Gasteiger partial charge is 0.350 e. The minimum Gasteiger partial charge on any atom is -0.458 e. The van der Waals surface area contributed by atoms with Crippen LogP contribution in [0.4, 0.5) is 0 Å². The molecule has 3 aliphatic heterocycles. The lowest BCUT2D eigenvalue weighted by Gasteiger charge is -2.24. The van der Waals surface area contributed by atoms with Crippen LogP contribution in [0.2, 0.25) is 0 Å². The molecule has 13 rings (SSSR count). The van der Waals surface area contributed by atoms with Crippen LogP contribution in [0.5, 0.6) is 0 Å². The highest BCUT2D eigenvalue weighted by atomic mass is 31.2. The summed E-state index contributed by atoms with van der Waals surface area (Å²) in [6, 6.07) is 2.81. The van der Waals surface area contributed by atoms with E-state index in [1.54, 1.807) is 52.0 Å². The summed E-state index contributed by atoms with van der Waals surface area (Å²) in [5.41, 5.74) is -2.90. The van der Waals surface area contributed by atoms with Crippen LogP contribution in [-0.4, -0.2) is 180 Å². The normalized spacial score (nSPS) is 28.7. The van der Waals surface area contributed by atoms with Gasteiger partial charge in [-0.1, -0.05) is 75.1 Å². The van der Waals surface area contributed by atoms with Crippen LogP contribution in [0.3, 0.4) is 0 Å². The zero-order valence-electron chi connectivity index (χ0n) is 56.7. The van der Waals surface area contributed by atoms with Gasteiger partial charge in [0.05, 0.1) is 48.6 Å². The van der Waals surface area contributed by atoms with Gasteiger partial charge < -0.3 is 72.6 Å². The fraction of sp³-hybridized carbons (Fsp3) is 0.561. The van der Waals surface area contributed by atoms with Crippen LogP contribution in [0.1, 0.15) is 140 Å². The number of nitrogens with zero attached hydrogens (tertiary/aromatic N) is 3. The van der Waals surface area contributed by atoms with Crippen molar-refractivity contribution in [3.05, 3.63) is 172 Å². The molecule has 35 heteroatoms. The van der Waals surface area contributed by atoms with E-state index in [0.717, 1.165) is 26.2 Å². The number of esters is 4. The molecule has 6 heterocycles. The number of aromatic nitrogens is 6. The number of epoxide rings is 1. The summed E-state index contributed by atoms with van der Waals surface area (Å²) < 4.78 is 62.3. The SMILES string of the molecule is C.C1=CC2OC2C1.C1=CCC=C1.CC(=O)OC(C)=O.CC(=O)OO.CC(=O)O[C@H]1C=C[C@@H](C)C1.CC(=O)O[C@H]1C=C[C@@H](O)C1.CC1(C)OC2C(O1)[C@@H](O)C[C@H]2n1ccc(=O)[nH]c1=O.CC1(C)OC2C(O1)[C@H](n1ccc(=O)[nH]c1=O)C[C@@H]2OCP(=O)(O)O.O=c1ccn([C@H]2C=C[C@@H](O)C2)c(=O)[nH]1. The summed E-state index contributed by atoms with van der Waals surface area (Å²) in [7, 11) is -4.33. The lowest BCUT2D eigenvalue weighted by Crippen LogP contribution is -2.36. The summed E-state index contributed by atoms with van der Waals surface area (Å²) in [6.07, 6.45) is 28.5. The maximum atomic E-state index is 12.0. The monoisotopic (exact) mass is 1450 g/mol. The molecular weight excluding hydrogens is 1360 g/mol. The Morgan fingerprint density at radius 1 is 0.564 bits per heavy atom. The molecule has 10 aliphatic rings. The number of hydrogen-bond donors (Lipinski definition) is 9. The summed E-state index contributed by atoms with van der Waals surface area (Å²) >= 11 is 0. The van der Waals surface area contributed by atoms with Crippen LogP contribution in [0.15, 0.2) is 138 Å².